The standard InChI is InChI=1S/C16H29N3/c1-3-18-16(2,13-17)10-4-5-11-19(15-8-9-15)12-14-6-7-14/h14-15,18H,3-12H2,1-2H3. The lowest BCUT2D eigenvalue weighted by molar-refractivity contribution is 0.243. The Morgan fingerprint density at radius 1 is 1.26 bits per heavy atom. The van der Waals surface area contributed by atoms with Gasteiger partial charge < -0.3 is 4.90 Å². The molecule has 0 saturated heterocycles. The number of unbranched alkanes of at least 4 members (excludes halogenated alkanes) is 1. The van der Waals surface area contributed by atoms with Gasteiger partial charge in [-0.2, -0.15) is 5.26 Å². The molecule has 1 unspecified atom stereocenters. The van der Waals surface area contributed by atoms with Gasteiger partial charge in [0.15, 0.2) is 0 Å². The van der Waals surface area contributed by atoms with Crippen LogP contribution in [0.5, 0.6) is 0 Å². The number of hydrogen-bond donors (Lipinski definition) is 1. The van der Waals surface area contributed by atoms with Gasteiger partial charge in [0, 0.05) is 12.6 Å². The Morgan fingerprint density at radius 2 is 2.00 bits per heavy atom. The summed E-state index contributed by atoms with van der Waals surface area (Å²) in [5.41, 5.74) is -0.324. The van der Waals surface area contributed by atoms with E-state index in [4.69, 9.17) is 0 Å². The van der Waals surface area contributed by atoms with Gasteiger partial charge in [-0.05, 0) is 70.9 Å². The second-order valence-electron chi connectivity index (χ2n) is 6.60. The Hall–Kier alpha value is -0.590. The number of hydrogen-bond acceptors (Lipinski definition) is 3. The normalized spacial score (nSPS) is 22.2. The summed E-state index contributed by atoms with van der Waals surface area (Å²) in [5, 5.41) is 12.5. The molecule has 0 heterocycles. The lowest BCUT2D eigenvalue weighted by atomic mass is 9.96. The van der Waals surface area contributed by atoms with Crippen LogP contribution in [0.3, 0.4) is 0 Å². The second kappa shape index (κ2) is 6.72. The highest BCUT2D eigenvalue weighted by molar-refractivity contribution is 5.03. The highest BCUT2D eigenvalue weighted by Crippen LogP contribution is 2.34. The third-order valence-electron chi connectivity index (χ3n) is 4.44. The summed E-state index contributed by atoms with van der Waals surface area (Å²) in [4.78, 5) is 2.72. The predicted molar refractivity (Wildman–Crippen MR) is 78.9 cm³/mol. The van der Waals surface area contributed by atoms with Crippen LogP contribution < -0.4 is 5.32 Å². The van der Waals surface area contributed by atoms with Crippen molar-refractivity contribution in [2.75, 3.05) is 19.6 Å². The van der Waals surface area contributed by atoms with Crippen LogP contribution >= 0.6 is 0 Å². The molecule has 2 fully saturated rings. The van der Waals surface area contributed by atoms with Crippen LogP contribution in [-0.4, -0.2) is 36.1 Å². The minimum atomic E-state index is -0.324. The SMILES string of the molecule is CCNC(C)(C#N)CCCCN(CC1CC1)C1CC1. The predicted octanol–water partition coefficient (Wildman–Crippen LogP) is 2.92. The van der Waals surface area contributed by atoms with Crippen molar-refractivity contribution in [3.8, 4) is 6.07 Å². The van der Waals surface area contributed by atoms with E-state index in [9.17, 15) is 5.26 Å². The van der Waals surface area contributed by atoms with Crippen LogP contribution in [0.2, 0.25) is 0 Å². The summed E-state index contributed by atoms with van der Waals surface area (Å²) >= 11 is 0. The maximum absolute atomic E-state index is 9.23. The molecule has 2 aliphatic carbocycles. The summed E-state index contributed by atoms with van der Waals surface area (Å²) in [6.45, 7) is 7.56. The van der Waals surface area contributed by atoms with E-state index in [1.165, 1.54) is 45.2 Å². The van der Waals surface area contributed by atoms with Crippen LogP contribution in [0.4, 0.5) is 0 Å². The third kappa shape index (κ3) is 5.12. The van der Waals surface area contributed by atoms with Crippen LogP contribution in [0.15, 0.2) is 0 Å². The van der Waals surface area contributed by atoms with Gasteiger partial charge in [0.1, 0.15) is 5.54 Å². The molecule has 2 aliphatic rings. The molecule has 2 rings (SSSR count). The average Bonchev–Trinajstić information content (AvgIpc) is 3.26. The maximum atomic E-state index is 9.23. The Labute approximate surface area is 118 Å². The summed E-state index contributed by atoms with van der Waals surface area (Å²) in [6, 6.07) is 3.32. The quantitative estimate of drug-likeness (QED) is 0.616. The van der Waals surface area contributed by atoms with Gasteiger partial charge in [0.05, 0.1) is 6.07 Å². The number of nitrogens with one attached hydrogen (secondary N) is 1. The van der Waals surface area contributed by atoms with E-state index in [1.807, 2.05) is 6.92 Å². The highest BCUT2D eigenvalue weighted by Gasteiger charge is 2.33. The Morgan fingerprint density at radius 3 is 2.53 bits per heavy atom. The van der Waals surface area contributed by atoms with Crippen molar-refractivity contribution in [2.45, 2.75) is 70.4 Å². The molecule has 1 N–H and O–H groups in total. The van der Waals surface area contributed by atoms with Crippen molar-refractivity contribution < 1.29 is 0 Å². The van der Waals surface area contributed by atoms with E-state index in [-0.39, 0.29) is 5.54 Å². The number of nitrogens with zero attached hydrogens (tertiary/aromatic N) is 2. The zero-order valence-electron chi connectivity index (χ0n) is 12.6. The fourth-order valence-electron chi connectivity index (χ4n) is 2.86. The molecular weight excluding hydrogens is 234 g/mol. The van der Waals surface area contributed by atoms with E-state index >= 15 is 0 Å². The minimum absolute atomic E-state index is 0.324. The molecule has 0 aromatic rings. The maximum Gasteiger partial charge on any atom is 0.103 e. The fraction of sp³-hybridized carbons (Fsp3) is 0.938. The van der Waals surface area contributed by atoms with Crippen molar-refractivity contribution in [3.63, 3.8) is 0 Å². The van der Waals surface area contributed by atoms with E-state index in [2.05, 4.69) is 23.2 Å². The highest BCUT2D eigenvalue weighted by atomic mass is 15.2. The van der Waals surface area contributed by atoms with Crippen LogP contribution in [0.1, 0.15) is 58.8 Å². The lowest BCUT2D eigenvalue weighted by Crippen LogP contribution is -2.40. The zero-order valence-corrected chi connectivity index (χ0v) is 12.6. The van der Waals surface area contributed by atoms with Gasteiger partial charge >= 0.3 is 0 Å². The van der Waals surface area contributed by atoms with Gasteiger partial charge in [0.2, 0.25) is 0 Å². The van der Waals surface area contributed by atoms with Gasteiger partial charge in [-0.1, -0.05) is 6.92 Å². The van der Waals surface area contributed by atoms with Gasteiger partial charge in [-0.3, -0.25) is 5.32 Å². The van der Waals surface area contributed by atoms with Crippen LogP contribution in [-0.2, 0) is 0 Å². The first-order chi connectivity index (χ1) is 9.17. The monoisotopic (exact) mass is 263 g/mol. The summed E-state index contributed by atoms with van der Waals surface area (Å²) in [7, 11) is 0. The molecule has 19 heavy (non-hydrogen) atoms. The van der Waals surface area contributed by atoms with Crippen molar-refractivity contribution in [2.24, 2.45) is 5.92 Å². The number of rotatable bonds is 10. The Kier molecular flexibility index (Phi) is 5.24. The Bertz CT molecular complexity index is 314. The van der Waals surface area contributed by atoms with Crippen molar-refractivity contribution in [1.82, 2.24) is 10.2 Å². The molecule has 0 aromatic heterocycles. The largest absolute Gasteiger partial charge is 0.300 e. The first-order valence-electron chi connectivity index (χ1n) is 8.07. The molecule has 1 atom stereocenters. The van der Waals surface area contributed by atoms with E-state index < -0.39 is 0 Å². The lowest BCUT2D eigenvalue weighted by Gasteiger charge is -2.24. The Balaban J connectivity index is 1.62. The van der Waals surface area contributed by atoms with Crippen LogP contribution in [0, 0.1) is 17.2 Å². The van der Waals surface area contributed by atoms with Crippen molar-refractivity contribution in [3.05, 3.63) is 0 Å². The molecule has 0 spiro atoms. The molecule has 2 saturated carbocycles. The molecule has 0 radical (unpaired) electrons. The van der Waals surface area contributed by atoms with Gasteiger partial charge in [0.25, 0.3) is 0 Å². The minimum Gasteiger partial charge on any atom is -0.300 e. The molecule has 0 bridgehead atoms. The smallest absolute Gasteiger partial charge is 0.103 e. The molecule has 3 heteroatoms. The van der Waals surface area contributed by atoms with Crippen molar-refractivity contribution in [1.29, 1.82) is 5.26 Å². The second-order valence-corrected chi connectivity index (χ2v) is 6.60. The molecule has 0 aliphatic heterocycles. The van der Waals surface area contributed by atoms with E-state index in [0.29, 0.717) is 0 Å². The summed E-state index contributed by atoms with van der Waals surface area (Å²) in [5.74, 6) is 1.01. The summed E-state index contributed by atoms with van der Waals surface area (Å²) < 4.78 is 0. The number of nitriles is 1. The molecule has 3 nitrogen and oxygen atoms in total. The molecule has 108 valence electrons. The van der Waals surface area contributed by atoms with E-state index in [0.717, 1.165) is 31.3 Å². The van der Waals surface area contributed by atoms with Gasteiger partial charge in [-0.15, -0.1) is 0 Å². The van der Waals surface area contributed by atoms with E-state index in [1.54, 1.807) is 0 Å². The topological polar surface area (TPSA) is 39.1 Å². The zero-order chi connectivity index (χ0) is 13.7. The first-order valence-corrected chi connectivity index (χ1v) is 8.07. The fourth-order valence-corrected chi connectivity index (χ4v) is 2.86. The first kappa shape index (κ1) is 14.8. The average molecular weight is 263 g/mol. The van der Waals surface area contributed by atoms with Crippen LogP contribution in [0.25, 0.3) is 0 Å². The van der Waals surface area contributed by atoms with Crippen molar-refractivity contribution >= 4 is 0 Å². The third-order valence-corrected chi connectivity index (χ3v) is 4.44. The summed E-state index contributed by atoms with van der Waals surface area (Å²) in [6.07, 6.45) is 9.11. The molecule has 0 aromatic carbocycles. The molecular formula is C16H29N3. The molecule has 0 amide bonds. The van der Waals surface area contributed by atoms with Gasteiger partial charge in [-0.25, -0.2) is 0 Å².